The van der Waals surface area contributed by atoms with E-state index in [9.17, 15) is 13.0 Å². The quantitative estimate of drug-likeness (QED) is 0.656. The van der Waals surface area contributed by atoms with Crippen LogP contribution in [0.25, 0.3) is 10.8 Å². The van der Waals surface area contributed by atoms with E-state index in [4.69, 9.17) is 0 Å². The van der Waals surface area contributed by atoms with Crippen molar-refractivity contribution in [2.24, 2.45) is 0 Å². The van der Waals surface area contributed by atoms with E-state index in [-0.39, 0.29) is 4.90 Å². The van der Waals surface area contributed by atoms with Gasteiger partial charge in [0, 0.05) is 5.39 Å². The van der Waals surface area contributed by atoms with Crippen LogP contribution in [0.3, 0.4) is 0 Å². The van der Waals surface area contributed by atoms with Crippen LogP contribution in [0.4, 0.5) is 0 Å². The monoisotopic (exact) mass is 362 g/mol. The van der Waals surface area contributed by atoms with Crippen LogP contribution in [0.15, 0.2) is 17.0 Å². The number of aryl methyl sites for hydroxylation is 3. The Bertz CT molecular complexity index is 880. The highest BCUT2D eigenvalue weighted by Crippen LogP contribution is 2.37. The SMILES string of the molecule is CCCc1ccc2c(S(=O)(=O)O)c(C)c(C)c(CCC)c2c1CCC. The normalized spacial score (nSPS) is 12.1. The van der Waals surface area contributed by atoms with Gasteiger partial charge in [0.2, 0.25) is 0 Å². The molecule has 0 atom stereocenters. The van der Waals surface area contributed by atoms with Crippen molar-refractivity contribution in [2.75, 3.05) is 0 Å². The van der Waals surface area contributed by atoms with Crippen LogP contribution in [-0.4, -0.2) is 13.0 Å². The molecule has 1 N–H and O–H groups in total. The van der Waals surface area contributed by atoms with E-state index in [0.717, 1.165) is 49.5 Å². The molecular weight excluding hydrogens is 332 g/mol. The van der Waals surface area contributed by atoms with Gasteiger partial charge in [-0.15, -0.1) is 0 Å². The van der Waals surface area contributed by atoms with Gasteiger partial charge < -0.3 is 0 Å². The Morgan fingerprint density at radius 3 is 1.92 bits per heavy atom. The first-order chi connectivity index (χ1) is 11.8. The third-order valence-corrected chi connectivity index (χ3v) is 6.13. The van der Waals surface area contributed by atoms with Gasteiger partial charge in [0.25, 0.3) is 10.1 Å². The number of hydrogen-bond donors (Lipinski definition) is 1. The predicted octanol–water partition coefficient (Wildman–Crippen LogP) is 5.56. The van der Waals surface area contributed by atoms with Crippen molar-refractivity contribution in [1.29, 1.82) is 0 Å². The Morgan fingerprint density at radius 2 is 1.40 bits per heavy atom. The van der Waals surface area contributed by atoms with Gasteiger partial charge in [-0.2, -0.15) is 8.42 Å². The molecule has 2 aromatic rings. The summed E-state index contributed by atoms with van der Waals surface area (Å²) in [6.45, 7) is 10.2. The molecule has 4 heteroatoms. The summed E-state index contributed by atoms with van der Waals surface area (Å²) in [4.78, 5) is 0.0836. The maximum absolute atomic E-state index is 12.1. The first kappa shape index (κ1) is 19.9. The zero-order valence-electron chi connectivity index (χ0n) is 16.1. The molecule has 0 heterocycles. The molecule has 0 saturated carbocycles. The second kappa shape index (κ2) is 7.88. The van der Waals surface area contributed by atoms with E-state index in [1.54, 1.807) is 6.92 Å². The number of rotatable bonds is 7. The average Bonchev–Trinajstić information content (AvgIpc) is 2.53. The summed E-state index contributed by atoms with van der Waals surface area (Å²) in [5.41, 5.74) is 5.47. The molecule has 25 heavy (non-hydrogen) atoms. The Kier molecular flexibility index (Phi) is 6.28. The number of hydrogen-bond acceptors (Lipinski definition) is 2. The van der Waals surface area contributed by atoms with Crippen LogP contribution in [0.2, 0.25) is 0 Å². The summed E-state index contributed by atoms with van der Waals surface area (Å²) < 4.78 is 34.1. The average molecular weight is 363 g/mol. The van der Waals surface area contributed by atoms with Gasteiger partial charge in [-0.3, -0.25) is 4.55 Å². The molecule has 0 amide bonds. The van der Waals surface area contributed by atoms with Gasteiger partial charge in [0.15, 0.2) is 0 Å². The maximum atomic E-state index is 12.1. The fourth-order valence-corrected chi connectivity index (χ4v) is 4.93. The molecule has 0 aliphatic heterocycles. The predicted molar refractivity (Wildman–Crippen MR) is 105 cm³/mol. The van der Waals surface area contributed by atoms with E-state index in [0.29, 0.717) is 10.9 Å². The van der Waals surface area contributed by atoms with Crippen LogP contribution in [0.5, 0.6) is 0 Å². The van der Waals surface area contributed by atoms with E-state index in [1.165, 1.54) is 16.7 Å². The third-order valence-electron chi connectivity index (χ3n) is 5.09. The molecule has 0 bridgehead atoms. The Hall–Kier alpha value is -1.39. The molecule has 2 rings (SSSR count). The molecule has 0 spiro atoms. The molecule has 0 saturated heterocycles. The molecule has 3 nitrogen and oxygen atoms in total. The lowest BCUT2D eigenvalue weighted by Crippen LogP contribution is -2.09. The minimum atomic E-state index is -4.27. The molecule has 0 aliphatic rings. The highest BCUT2D eigenvalue weighted by molar-refractivity contribution is 7.86. The Balaban J connectivity index is 3.08. The van der Waals surface area contributed by atoms with Gasteiger partial charge in [-0.05, 0) is 66.3 Å². The largest absolute Gasteiger partial charge is 0.295 e. The number of benzene rings is 2. The van der Waals surface area contributed by atoms with E-state index < -0.39 is 10.1 Å². The fraction of sp³-hybridized carbons (Fsp3) is 0.524. The third kappa shape index (κ3) is 3.75. The van der Waals surface area contributed by atoms with Gasteiger partial charge in [0.05, 0.1) is 0 Å². The topological polar surface area (TPSA) is 54.4 Å². The van der Waals surface area contributed by atoms with Crippen molar-refractivity contribution in [3.05, 3.63) is 39.9 Å². The summed E-state index contributed by atoms with van der Waals surface area (Å²) >= 11 is 0. The van der Waals surface area contributed by atoms with Crippen LogP contribution in [0, 0.1) is 13.8 Å². The summed E-state index contributed by atoms with van der Waals surface area (Å²) in [5.74, 6) is 0. The number of fused-ring (bicyclic) bond motifs is 1. The highest BCUT2D eigenvalue weighted by atomic mass is 32.2. The highest BCUT2D eigenvalue weighted by Gasteiger charge is 2.24. The van der Waals surface area contributed by atoms with Gasteiger partial charge >= 0.3 is 0 Å². The molecule has 0 fully saturated rings. The van der Waals surface area contributed by atoms with Crippen molar-refractivity contribution in [3.63, 3.8) is 0 Å². The summed E-state index contributed by atoms with van der Waals surface area (Å²) in [6, 6.07) is 3.95. The summed E-state index contributed by atoms with van der Waals surface area (Å²) in [7, 11) is -4.27. The van der Waals surface area contributed by atoms with Crippen molar-refractivity contribution in [1.82, 2.24) is 0 Å². The first-order valence-corrected chi connectivity index (χ1v) is 10.8. The lowest BCUT2D eigenvalue weighted by Gasteiger charge is -2.21. The molecule has 138 valence electrons. The second-order valence-corrected chi connectivity index (χ2v) is 8.27. The Labute approximate surface area is 152 Å². The van der Waals surface area contributed by atoms with Crippen LogP contribution in [-0.2, 0) is 29.4 Å². The van der Waals surface area contributed by atoms with Crippen molar-refractivity contribution in [3.8, 4) is 0 Å². The van der Waals surface area contributed by atoms with E-state index in [1.807, 2.05) is 13.0 Å². The van der Waals surface area contributed by atoms with Gasteiger partial charge in [-0.1, -0.05) is 52.2 Å². The zero-order chi connectivity index (χ0) is 18.8. The lowest BCUT2D eigenvalue weighted by molar-refractivity contribution is 0.483. The molecule has 0 unspecified atom stereocenters. The molecular formula is C21H30O3S. The van der Waals surface area contributed by atoms with E-state index >= 15 is 0 Å². The molecule has 0 aliphatic carbocycles. The summed E-state index contributed by atoms with van der Waals surface area (Å²) in [6.07, 6.45) is 5.91. The van der Waals surface area contributed by atoms with Crippen LogP contribution in [0.1, 0.15) is 67.9 Å². The van der Waals surface area contributed by atoms with Crippen LogP contribution >= 0.6 is 0 Å². The van der Waals surface area contributed by atoms with Gasteiger partial charge in [0.1, 0.15) is 4.90 Å². The van der Waals surface area contributed by atoms with Gasteiger partial charge in [-0.25, -0.2) is 0 Å². The van der Waals surface area contributed by atoms with Crippen LogP contribution < -0.4 is 0 Å². The summed E-state index contributed by atoms with van der Waals surface area (Å²) in [5, 5.41) is 1.74. The first-order valence-electron chi connectivity index (χ1n) is 9.31. The fourth-order valence-electron chi connectivity index (χ4n) is 3.95. The smallest absolute Gasteiger partial charge is 0.282 e. The molecule has 2 aromatic carbocycles. The van der Waals surface area contributed by atoms with Crippen molar-refractivity contribution >= 4 is 20.9 Å². The standard InChI is InChI=1S/C21H30O3S/c1-6-9-16-12-13-19-20(18(16)11-8-3)17(10-7-2)14(4)15(5)21(19)25(22,23)24/h12-13H,6-11H2,1-5H3,(H,22,23,24). The van der Waals surface area contributed by atoms with E-state index in [2.05, 4.69) is 26.8 Å². The second-order valence-electron chi connectivity index (χ2n) is 6.91. The molecule has 0 aromatic heterocycles. The van der Waals surface area contributed by atoms with Crippen molar-refractivity contribution in [2.45, 2.75) is 78.0 Å². The Morgan fingerprint density at radius 1 is 0.840 bits per heavy atom. The maximum Gasteiger partial charge on any atom is 0.295 e. The minimum Gasteiger partial charge on any atom is -0.282 e. The van der Waals surface area contributed by atoms with Crippen molar-refractivity contribution < 1.29 is 13.0 Å². The minimum absolute atomic E-state index is 0.0836. The molecule has 0 radical (unpaired) electrons. The zero-order valence-corrected chi connectivity index (χ0v) is 16.9. The lowest BCUT2D eigenvalue weighted by atomic mass is 9.86.